The van der Waals surface area contributed by atoms with Gasteiger partial charge in [-0.25, -0.2) is 0 Å². The third-order valence-corrected chi connectivity index (χ3v) is 3.71. The zero-order valence-corrected chi connectivity index (χ0v) is 11.8. The van der Waals surface area contributed by atoms with Crippen molar-refractivity contribution < 1.29 is 18.3 Å². The van der Waals surface area contributed by atoms with Gasteiger partial charge in [0, 0.05) is 0 Å². The van der Waals surface area contributed by atoms with E-state index in [4.69, 9.17) is 0 Å². The normalized spacial score (nSPS) is 15.6. The lowest BCUT2D eigenvalue weighted by atomic mass is 9.76. The Hall–Kier alpha value is -2.32. The van der Waals surface area contributed by atoms with E-state index in [9.17, 15) is 23.5 Å². The van der Waals surface area contributed by atoms with Crippen LogP contribution in [-0.4, -0.2) is 5.11 Å². The second kappa shape index (κ2) is 5.82. The van der Waals surface area contributed by atoms with Crippen LogP contribution in [0.5, 0.6) is 0 Å². The molecule has 0 heterocycles. The largest absolute Gasteiger partial charge is 0.416 e. The predicted octanol–water partition coefficient (Wildman–Crippen LogP) is 4.22. The van der Waals surface area contributed by atoms with E-state index in [0.717, 1.165) is 12.1 Å². The lowest BCUT2D eigenvalue weighted by Gasteiger charge is -2.28. The van der Waals surface area contributed by atoms with Gasteiger partial charge in [-0.15, -0.1) is 0 Å². The molecule has 114 valence electrons. The minimum Gasteiger partial charge on any atom is -0.386 e. The summed E-state index contributed by atoms with van der Waals surface area (Å²) in [5.74, 6) is 0. The van der Waals surface area contributed by atoms with Crippen LogP contribution in [0.4, 0.5) is 13.2 Å². The molecule has 0 saturated carbocycles. The maximum Gasteiger partial charge on any atom is 0.416 e. The number of nitriles is 1. The van der Waals surface area contributed by atoms with E-state index in [1.807, 2.05) is 0 Å². The van der Waals surface area contributed by atoms with Gasteiger partial charge in [-0.2, -0.15) is 18.4 Å². The summed E-state index contributed by atoms with van der Waals surface area (Å²) < 4.78 is 37.7. The third-order valence-electron chi connectivity index (χ3n) is 3.71. The Morgan fingerprint density at radius 2 is 1.50 bits per heavy atom. The fourth-order valence-corrected chi connectivity index (χ4v) is 2.26. The molecule has 1 N–H and O–H groups in total. The van der Waals surface area contributed by atoms with Gasteiger partial charge < -0.3 is 5.11 Å². The zero-order chi connectivity index (χ0) is 16.4. The summed E-state index contributed by atoms with van der Waals surface area (Å²) >= 11 is 0. The monoisotopic (exact) mass is 305 g/mol. The molecule has 2 nitrogen and oxygen atoms in total. The van der Waals surface area contributed by atoms with Crippen LogP contribution in [0.3, 0.4) is 0 Å². The number of benzene rings is 2. The molecular weight excluding hydrogens is 291 g/mol. The SMILES string of the molecule is C[C@@](C#N)(c1ccccc1)[C@H](O)c1ccc(C(F)(F)F)cc1. The van der Waals surface area contributed by atoms with Crippen LogP contribution in [0.15, 0.2) is 54.6 Å². The van der Waals surface area contributed by atoms with Gasteiger partial charge in [-0.1, -0.05) is 42.5 Å². The van der Waals surface area contributed by atoms with Gasteiger partial charge in [0.25, 0.3) is 0 Å². The first kappa shape index (κ1) is 16.1. The second-order valence-electron chi connectivity index (χ2n) is 5.20. The van der Waals surface area contributed by atoms with Gasteiger partial charge in [0.15, 0.2) is 0 Å². The molecule has 2 atom stereocenters. The Morgan fingerprint density at radius 3 is 1.95 bits per heavy atom. The van der Waals surface area contributed by atoms with Crippen molar-refractivity contribution in [2.75, 3.05) is 0 Å². The summed E-state index contributed by atoms with van der Waals surface area (Å²) in [5, 5.41) is 19.9. The Labute approximate surface area is 126 Å². The topological polar surface area (TPSA) is 44.0 Å². The Bertz CT molecular complexity index is 674. The first-order valence-corrected chi connectivity index (χ1v) is 6.61. The fourth-order valence-electron chi connectivity index (χ4n) is 2.26. The van der Waals surface area contributed by atoms with Crippen LogP contribution in [0.1, 0.15) is 29.7 Å². The molecule has 2 aromatic carbocycles. The van der Waals surface area contributed by atoms with Crippen LogP contribution in [0.2, 0.25) is 0 Å². The van der Waals surface area contributed by atoms with Crippen molar-refractivity contribution in [1.29, 1.82) is 5.26 Å². The van der Waals surface area contributed by atoms with E-state index in [0.29, 0.717) is 5.56 Å². The molecular formula is C17H14F3NO. The van der Waals surface area contributed by atoms with Gasteiger partial charge >= 0.3 is 6.18 Å². The minimum atomic E-state index is -4.43. The van der Waals surface area contributed by atoms with Crippen molar-refractivity contribution in [2.45, 2.75) is 24.6 Å². The number of hydrogen-bond acceptors (Lipinski definition) is 2. The van der Waals surface area contributed by atoms with Crippen LogP contribution >= 0.6 is 0 Å². The molecule has 0 radical (unpaired) electrons. The van der Waals surface area contributed by atoms with E-state index in [2.05, 4.69) is 6.07 Å². The molecule has 0 aliphatic heterocycles. The molecule has 0 aliphatic carbocycles. The number of hydrogen-bond donors (Lipinski definition) is 1. The summed E-state index contributed by atoms with van der Waals surface area (Å²) in [6.45, 7) is 1.56. The van der Waals surface area contributed by atoms with E-state index in [1.165, 1.54) is 12.1 Å². The van der Waals surface area contributed by atoms with Crippen LogP contribution in [-0.2, 0) is 11.6 Å². The quantitative estimate of drug-likeness (QED) is 0.922. The molecule has 0 bridgehead atoms. The highest BCUT2D eigenvalue weighted by atomic mass is 19.4. The average molecular weight is 305 g/mol. The summed E-state index contributed by atoms with van der Waals surface area (Å²) in [6.07, 6.45) is -5.66. The lowest BCUT2D eigenvalue weighted by Crippen LogP contribution is -2.28. The summed E-state index contributed by atoms with van der Waals surface area (Å²) in [7, 11) is 0. The zero-order valence-electron chi connectivity index (χ0n) is 11.8. The van der Waals surface area contributed by atoms with Gasteiger partial charge in [0.1, 0.15) is 11.5 Å². The molecule has 0 saturated heterocycles. The fraction of sp³-hybridized carbons (Fsp3) is 0.235. The maximum absolute atomic E-state index is 12.6. The Balaban J connectivity index is 2.38. The highest BCUT2D eigenvalue weighted by Crippen LogP contribution is 2.37. The molecule has 5 heteroatoms. The first-order chi connectivity index (χ1) is 10.3. The molecule has 2 rings (SSSR count). The van der Waals surface area contributed by atoms with E-state index >= 15 is 0 Å². The number of alkyl halides is 3. The van der Waals surface area contributed by atoms with Crippen molar-refractivity contribution in [3.63, 3.8) is 0 Å². The van der Waals surface area contributed by atoms with Gasteiger partial charge in [0.2, 0.25) is 0 Å². The van der Waals surface area contributed by atoms with Crippen LogP contribution < -0.4 is 0 Å². The highest BCUT2D eigenvalue weighted by molar-refractivity contribution is 5.38. The van der Waals surface area contributed by atoms with Crippen LogP contribution in [0.25, 0.3) is 0 Å². The Kier molecular flexibility index (Phi) is 4.25. The van der Waals surface area contributed by atoms with Crippen molar-refractivity contribution >= 4 is 0 Å². The van der Waals surface area contributed by atoms with Gasteiger partial charge in [0.05, 0.1) is 11.6 Å². The van der Waals surface area contributed by atoms with Crippen molar-refractivity contribution in [3.05, 3.63) is 71.3 Å². The van der Waals surface area contributed by atoms with Crippen molar-refractivity contribution in [3.8, 4) is 6.07 Å². The van der Waals surface area contributed by atoms with E-state index in [-0.39, 0.29) is 5.56 Å². The van der Waals surface area contributed by atoms with Crippen molar-refractivity contribution in [2.24, 2.45) is 0 Å². The van der Waals surface area contributed by atoms with Crippen molar-refractivity contribution in [1.82, 2.24) is 0 Å². The molecule has 0 unspecified atom stereocenters. The summed E-state index contributed by atoms with van der Waals surface area (Å²) in [5.41, 5.74) is -1.17. The third kappa shape index (κ3) is 2.97. The molecule has 0 aliphatic rings. The maximum atomic E-state index is 12.6. The minimum absolute atomic E-state index is 0.265. The molecule has 0 fully saturated rings. The number of nitrogens with zero attached hydrogens (tertiary/aromatic N) is 1. The highest BCUT2D eigenvalue weighted by Gasteiger charge is 2.37. The van der Waals surface area contributed by atoms with Gasteiger partial charge in [-0.3, -0.25) is 0 Å². The van der Waals surface area contributed by atoms with Gasteiger partial charge in [-0.05, 0) is 30.2 Å². The average Bonchev–Trinajstić information content (AvgIpc) is 2.53. The van der Waals surface area contributed by atoms with E-state index in [1.54, 1.807) is 37.3 Å². The lowest BCUT2D eigenvalue weighted by molar-refractivity contribution is -0.137. The number of halogens is 3. The standard InChI is InChI=1S/C17H14F3NO/c1-16(11-21,13-5-3-2-4-6-13)15(22)12-7-9-14(10-8-12)17(18,19)20/h2-10,15,22H,1H3/t15-,16-/m1/s1. The summed E-state index contributed by atoms with van der Waals surface area (Å²) in [6, 6.07) is 14.9. The molecule has 0 amide bonds. The first-order valence-electron chi connectivity index (χ1n) is 6.61. The predicted molar refractivity (Wildman–Crippen MR) is 75.8 cm³/mol. The molecule has 0 spiro atoms. The second-order valence-corrected chi connectivity index (χ2v) is 5.20. The number of rotatable bonds is 3. The van der Waals surface area contributed by atoms with E-state index < -0.39 is 23.3 Å². The summed E-state index contributed by atoms with van der Waals surface area (Å²) in [4.78, 5) is 0. The van der Waals surface area contributed by atoms with Crippen LogP contribution in [0, 0.1) is 11.3 Å². The molecule has 2 aromatic rings. The Morgan fingerprint density at radius 1 is 0.955 bits per heavy atom. The molecule has 22 heavy (non-hydrogen) atoms. The molecule has 0 aromatic heterocycles. The number of aliphatic hydroxyl groups is 1. The smallest absolute Gasteiger partial charge is 0.386 e. The number of aliphatic hydroxyl groups excluding tert-OH is 1.